The fourth-order valence-electron chi connectivity index (χ4n) is 5.41. The number of pyridine rings is 1. The van der Waals surface area contributed by atoms with Gasteiger partial charge in [-0.05, 0) is 74.4 Å². The number of piperazine rings is 1. The number of carbonyl (C=O) groups is 1. The van der Waals surface area contributed by atoms with Crippen LogP contribution in [-0.2, 0) is 12.8 Å². The molecule has 1 aliphatic heterocycles. The molecule has 6 nitrogen and oxygen atoms in total. The highest BCUT2D eigenvalue weighted by atomic mass is 32.1. The molecule has 174 valence electrons. The third-order valence-electron chi connectivity index (χ3n) is 7.47. The Hall–Kier alpha value is -3.19. The quantitative estimate of drug-likeness (QED) is 0.435. The van der Waals surface area contributed by atoms with Crippen molar-refractivity contribution in [1.29, 1.82) is 0 Å². The van der Waals surface area contributed by atoms with Crippen molar-refractivity contribution in [3.8, 4) is 0 Å². The van der Waals surface area contributed by atoms with Crippen LogP contribution in [0.15, 0.2) is 41.3 Å². The molecule has 1 saturated heterocycles. The lowest BCUT2D eigenvalue weighted by atomic mass is 9.97. The van der Waals surface area contributed by atoms with Crippen molar-refractivity contribution in [3.63, 3.8) is 0 Å². The van der Waals surface area contributed by atoms with E-state index in [9.17, 15) is 9.59 Å². The highest BCUT2D eigenvalue weighted by molar-refractivity contribution is 7.18. The predicted molar refractivity (Wildman–Crippen MR) is 138 cm³/mol. The molecule has 0 N–H and O–H groups in total. The summed E-state index contributed by atoms with van der Waals surface area (Å²) in [5.41, 5.74) is 5.93. The predicted octanol–water partition coefficient (Wildman–Crippen LogP) is 4.37. The molecule has 0 radical (unpaired) electrons. The van der Waals surface area contributed by atoms with Crippen LogP contribution in [0.1, 0.15) is 44.8 Å². The molecular weight excluding hydrogens is 444 g/mol. The maximum absolute atomic E-state index is 13.6. The monoisotopic (exact) mass is 472 g/mol. The molecule has 4 aromatic rings. The Morgan fingerprint density at radius 3 is 2.62 bits per heavy atom. The number of nitrogens with zero attached hydrogens (tertiary/aromatic N) is 4. The number of aromatic nitrogens is 2. The lowest BCUT2D eigenvalue weighted by Gasteiger charge is -2.37. The maximum atomic E-state index is 13.6. The van der Waals surface area contributed by atoms with Gasteiger partial charge in [-0.2, -0.15) is 0 Å². The van der Waals surface area contributed by atoms with Crippen LogP contribution in [0.5, 0.6) is 0 Å². The van der Waals surface area contributed by atoms with Crippen molar-refractivity contribution in [1.82, 2.24) is 14.3 Å². The van der Waals surface area contributed by atoms with Crippen molar-refractivity contribution in [2.75, 3.05) is 31.1 Å². The van der Waals surface area contributed by atoms with Gasteiger partial charge in [-0.3, -0.25) is 14.0 Å². The van der Waals surface area contributed by atoms with Crippen LogP contribution in [0.2, 0.25) is 0 Å². The summed E-state index contributed by atoms with van der Waals surface area (Å²) in [5.74, 6) is -0.0497. The second-order valence-electron chi connectivity index (χ2n) is 9.42. The molecule has 1 amide bonds. The van der Waals surface area contributed by atoms with E-state index >= 15 is 0 Å². The zero-order valence-electron chi connectivity index (χ0n) is 19.6. The van der Waals surface area contributed by atoms with E-state index in [0.29, 0.717) is 24.3 Å². The number of amides is 1. The van der Waals surface area contributed by atoms with E-state index in [1.165, 1.54) is 33.7 Å². The van der Waals surface area contributed by atoms with Gasteiger partial charge in [0.25, 0.3) is 11.5 Å². The second kappa shape index (κ2) is 8.24. The average molecular weight is 473 g/mol. The average Bonchev–Trinajstić information content (AvgIpc) is 3.24. The molecule has 1 fully saturated rings. The summed E-state index contributed by atoms with van der Waals surface area (Å²) in [5, 5.41) is 0.754. The lowest BCUT2D eigenvalue weighted by molar-refractivity contribution is 0.0748. The van der Waals surface area contributed by atoms with Gasteiger partial charge < -0.3 is 9.80 Å². The number of hydrogen-bond acceptors (Lipinski definition) is 5. The number of fused-ring (bicyclic) bond motifs is 4. The second-order valence-corrected chi connectivity index (χ2v) is 10.5. The van der Waals surface area contributed by atoms with Crippen molar-refractivity contribution in [2.45, 2.75) is 39.5 Å². The van der Waals surface area contributed by atoms with E-state index in [0.717, 1.165) is 42.6 Å². The molecule has 0 saturated carbocycles. The molecule has 0 atom stereocenters. The molecule has 2 aliphatic rings. The normalized spacial score (nSPS) is 16.3. The number of carbonyl (C=O) groups excluding carboxylic acids is 1. The van der Waals surface area contributed by atoms with Gasteiger partial charge in [0.2, 0.25) is 0 Å². The summed E-state index contributed by atoms with van der Waals surface area (Å²) < 4.78 is 1.57. The van der Waals surface area contributed by atoms with Crippen molar-refractivity contribution < 1.29 is 4.79 Å². The first-order chi connectivity index (χ1) is 16.5. The molecule has 0 bridgehead atoms. The third kappa shape index (κ3) is 3.33. The van der Waals surface area contributed by atoms with Crippen LogP contribution in [0.3, 0.4) is 0 Å². The summed E-state index contributed by atoms with van der Waals surface area (Å²) in [7, 11) is 0. The van der Waals surface area contributed by atoms with Crippen LogP contribution in [-0.4, -0.2) is 46.4 Å². The van der Waals surface area contributed by atoms with Crippen LogP contribution in [0, 0.1) is 13.8 Å². The van der Waals surface area contributed by atoms with Crippen LogP contribution >= 0.6 is 11.3 Å². The standard InChI is InChI=1S/C27H28N4O2S/c1-17-7-5-10-21(18(17)2)29-13-15-30(16-14-29)26(32)20-9-6-12-31-24(20)28-25-23(27(31)33)19-8-3-4-11-22(19)34-25/h5-7,9-10,12H,3-4,8,11,13-16H2,1-2H3. The first-order valence-electron chi connectivity index (χ1n) is 12.1. The van der Waals surface area contributed by atoms with Crippen molar-refractivity contribution >= 4 is 38.8 Å². The number of thiophene rings is 1. The van der Waals surface area contributed by atoms with Gasteiger partial charge >= 0.3 is 0 Å². The third-order valence-corrected chi connectivity index (χ3v) is 8.66. The zero-order valence-corrected chi connectivity index (χ0v) is 20.5. The summed E-state index contributed by atoms with van der Waals surface area (Å²) in [6, 6.07) is 9.99. The van der Waals surface area contributed by atoms with E-state index in [2.05, 4.69) is 36.9 Å². The number of hydrogen-bond donors (Lipinski definition) is 0. The Kier molecular flexibility index (Phi) is 5.17. The highest BCUT2D eigenvalue weighted by Crippen LogP contribution is 2.34. The minimum atomic E-state index is -0.0497. The molecule has 1 aromatic carbocycles. The molecule has 0 spiro atoms. The Labute approximate surface area is 202 Å². The Morgan fingerprint density at radius 1 is 1.00 bits per heavy atom. The first-order valence-corrected chi connectivity index (χ1v) is 12.9. The lowest BCUT2D eigenvalue weighted by Crippen LogP contribution is -2.49. The van der Waals surface area contributed by atoms with E-state index in [1.807, 2.05) is 4.90 Å². The zero-order chi connectivity index (χ0) is 23.4. The first kappa shape index (κ1) is 21.4. The minimum absolute atomic E-state index is 0.0474. The maximum Gasteiger partial charge on any atom is 0.266 e. The molecule has 6 rings (SSSR count). The van der Waals surface area contributed by atoms with Crippen molar-refractivity contribution in [3.05, 3.63) is 74.0 Å². The van der Waals surface area contributed by atoms with Gasteiger partial charge in [0, 0.05) is 42.9 Å². The van der Waals surface area contributed by atoms with Gasteiger partial charge in [-0.1, -0.05) is 12.1 Å². The SMILES string of the molecule is Cc1cccc(N2CCN(C(=O)c3cccn4c(=O)c5c6c(sc5nc34)CCCC6)CC2)c1C. The van der Waals surface area contributed by atoms with Gasteiger partial charge in [-0.25, -0.2) is 4.98 Å². The molecule has 1 aliphatic carbocycles. The molecule has 3 aromatic heterocycles. The molecular formula is C27H28N4O2S. The number of benzene rings is 1. The Balaban J connectivity index is 1.32. The minimum Gasteiger partial charge on any atom is -0.368 e. The number of aryl methyl sites for hydroxylation is 3. The molecule has 0 unspecified atom stereocenters. The summed E-state index contributed by atoms with van der Waals surface area (Å²) in [4.78, 5) is 38.2. The van der Waals surface area contributed by atoms with E-state index in [4.69, 9.17) is 4.98 Å². The fraction of sp³-hybridized carbons (Fsp3) is 0.370. The van der Waals surface area contributed by atoms with Gasteiger partial charge in [0.15, 0.2) is 5.65 Å². The number of anilines is 1. The van der Waals surface area contributed by atoms with Gasteiger partial charge in [-0.15, -0.1) is 11.3 Å². The van der Waals surface area contributed by atoms with E-state index < -0.39 is 0 Å². The highest BCUT2D eigenvalue weighted by Gasteiger charge is 2.26. The summed E-state index contributed by atoms with van der Waals surface area (Å²) in [6.07, 6.45) is 5.99. The van der Waals surface area contributed by atoms with Gasteiger partial charge in [0.05, 0.1) is 10.9 Å². The molecule has 34 heavy (non-hydrogen) atoms. The Bertz CT molecular complexity index is 1490. The van der Waals surface area contributed by atoms with E-state index in [1.54, 1.807) is 34.1 Å². The molecule has 4 heterocycles. The van der Waals surface area contributed by atoms with Gasteiger partial charge in [0.1, 0.15) is 4.83 Å². The largest absolute Gasteiger partial charge is 0.368 e. The number of rotatable bonds is 2. The van der Waals surface area contributed by atoms with Crippen molar-refractivity contribution in [2.24, 2.45) is 0 Å². The van der Waals surface area contributed by atoms with Crippen LogP contribution in [0.4, 0.5) is 5.69 Å². The summed E-state index contributed by atoms with van der Waals surface area (Å²) in [6.45, 7) is 7.16. The summed E-state index contributed by atoms with van der Waals surface area (Å²) >= 11 is 1.63. The Morgan fingerprint density at radius 2 is 1.79 bits per heavy atom. The van der Waals surface area contributed by atoms with E-state index in [-0.39, 0.29) is 11.5 Å². The topological polar surface area (TPSA) is 57.9 Å². The fourth-order valence-corrected chi connectivity index (χ4v) is 6.66. The van der Waals surface area contributed by atoms with Crippen LogP contribution in [0.25, 0.3) is 15.9 Å². The smallest absolute Gasteiger partial charge is 0.266 e. The van der Waals surface area contributed by atoms with Crippen LogP contribution < -0.4 is 10.5 Å². The molecule has 7 heteroatoms.